The summed E-state index contributed by atoms with van der Waals surface area (Å²) in [7, 11) is 3.10. The number of hydrogen-bond donors (Lipinski definition) is 0. The van der Waals surface area contributed by atoms with E-state index >= 15 is 0 Å². The van der Waals surface area contributed by atoms with Gasteiger partial charge in [-0.2, -0.15) is 11.3 Å². The Morgan fingerprint density at radius 2 is 2.13 bits per heavy atom. The van der Waals surface area contributed by atoms with Gasteiger partial charge in [-0.3, -0.25) is 14.9 Å². The summed E-state index contributed by atoms with van der Waals surface area (Å²) in [5, 5.41) is 14.7. The second-order valence-electron chi connectivity index (χ2n) is 4.76. The van der Waals surface area contributed by atoms with E-state index in [1.165, 1.54) is 30.2 Å². The summed E-state index contributed by atoms with van der Waals surface area (Å²) in [6, 6.07) is 5.94. The highest BCUT2D eigenvalue weighted by molar-refractivity contribution is 7.07. The predicted molar refractivity (Wildman–Crippen MR) is 85.9 cm³/mol. The molecular formula is C15H16N2O5S. The third-order valence-corrected chi connectivity index (χ3v) is 3.87. The van der Waals surface area contributed by atoms with E-state index in [9.17, 15) is 14.9 Å². The number of hydrogen-bond acceptors (Lipinski definition) is 6. The summed E-state index contributed by atoms with van der Waals surface area (Å²) in [6.07, 6.45) is 0. The zero-order chi connectivity index (χ0) is 16.8. The Labute approximate surface area is 137 Å². The number of nitro groups is 1. The highest BCUT2D eigenvalue weighted by Crippen LogP contribution is 2.31. The van der Waals surface area contributed by atoms with Gasteiger partial charge in [-0.1, -0.05) is 0 Å². The highest BCUT2D eigenvalue weighted by Gasteiger charge is 2.15. The van der Waals surface area contributed by atoms with Crippen molar-refractivity contribution in [2.24, 2.45) is 0 Å². The lowest BCUT2D eigenvalue weighted by molar-refractivity contribution is -0.385. The maximum absolute atomic E-state index is 12.1. The smallest absolute Gasteiger partial charge is 0.273 e. The molecule has 1 amide bonds. The lowest BCUT2D eigenvalue weighted by atomic mass is 10.3. The van der Waals surface area contributed by atoms with Crippen molar-refractivity contribution in [3.8, 4) is 11.5 Å². The van der Waals surface area contributed by atoms with Crippen molar-refractivity contribution in [2.75, 3.05) is 20.8 Å². The first-order valence-corrected chi connectivity index (χ1v) is 7.66. The van der Waals surface area contributed by atoms with Gasteiger partial charge in [0.05, 0.1) is 18.1 Å². The Hall–Kier alpha value is -2.61. The Balaban J connectivity index is 2.00. The summed E-state index contributed by atoms with van der Waals surface area (Å²) < 4.78 is 10.5. The van der Waals surface area contributed by atoms with Gasteiger partial charge in [0.2, 0.25) is 0 Å². The third kappa shape index (κ3) is 4.43. The molecule has 0 radical (unpaired) electrons. The molecule has 1 heterocycles. The number of likely N-dealkylation sites (N-methyl/N-ethyl adjacent to an activating group) is 1. The van der Waals surface area contributed by atoms with E-state index in [4.69, 9.17) is 9.47 Å². The molecule has 1 aromatic carbocycles. The minimum atomic E-state index is -0.531. The minimum Gasteiger partial charge on any atom is -0.493 e. The van der Waals surface area contributed by atoms with Crippen LogP contribution < -0.4 is 9.47 Å². The van der Waals surface area contributed by atoms with Crippen LogP contribution in [0, 0.1) is 10.1 Å². The normalized spacial score (nSPS) is 10.2. The average molecular weight is 336 g/mol. The fourth-order valence-electron chi connectivity index (χ4n) is 1.89. The molecule has 0 N–H and O–H groups in total. The largest absolute Gasteiger partial charge is 0.493 e. The number of carbonyl (C=O) groups is 1. The fraction of sp³-hybridized carbons (Fsp3) is 0.267. The molecular weight excluding hydrogens is 320 g/mol. The molecule has 0 aliphatic rings. The van der Waals surface area contributed by atoms with Crippen LogP contribution in [0.15, 0.2) is 35.0 Å². The number of benzene rings is 1. The predicted octanol–water partition coefficient (Wildman–Crippen LogP) is 2.70. The molecule has 0 saturated heterocycles. The van der Waals surface area contributed by atoms with Crippen molar-refractivity contribution >= 4 is 22.9 Å². The van der Waals surface area contributed by atoms with Crippen molar-refractivity contribution in [2.45, 2.75) is 6.54 Å². The van der Waals surface area contributed by atoms with E-state index in [2.05, 4.69) is 0 Å². The van der Waals surface area contributed by atoms with Gasteiger partial charge in [-0.25, -0.2) is 0 Å². The first-order valence-electron chi connectivity index (χ1n) is 6.71. The SMILES string of the molecule is COc1ccc([N+](=O)[O-])cc1OCC(=O)N(C)Cc1ccsc1. The van der Waals surface area contributed by atoms with Crippen LogP contribution in [0.25, 0.3) is 0 Å². The van der Waals surface area contributed by atoms with Crippen LogP contribution in [-0.2, 0) is 11.3 Å². The quantitative estimate of drug-likeness (QED) is 0.573. The molecule has 0 spiro atoms. The molecule has 8 heteroatoms. The first-order chi connectivity index (χ1) is 11.0. The number of thiophene rings is 1. The molecule has 0 aliphatic carbocycles. The summed E-state index contributed by atoms with van der Waals surface area (Å²) in [5.41, 5.74) is 0.915. The van der Waals surface area contributed by atoms with Crippen LogP contribution in [0.2, 0.25) is 0 Å². The lowest BCUT2D eigenvalue weighted by Gasteiger charge is -2.17. The number of carbonyl (C=O) groups excluding carboxylic acids is 1. The first kappa shape index (κ1) is 16.8. The molecule has 0 aliphatic heterocycles. The van der Waals surface area contributed by atoms with Crippen molar-refractivity contribution in [3.05, 3.63) is 50.7 Å². The summed E-state index contributed by atoms with van der Waals surface area (Å²) >= 11 is 1.56. The van der Waals surface area contributed by atoms with Crippen molar-refractivity contribution in [3.63, 3.8) is 0 Å². The average Bonchev–Trinajstić information content (AvgIpc) is 3.04. The standard InChI is InChI=1S/C15H16N2O5S/c1-16(8-11-5-6-23-10-11)15(18)9-22-14-7-12(17(19)20)3-4-13(14)21-2/h3-7,10H,8-9H2,1-2H3. The van der Waals surface area contributed by atoms with Gasteiger partial charge in [0.25, 0.3) is 11.6 Å². The summed E-state index contributed by atoms with van der Waals surface area (Å²) in [4.78, 5) is 23.9. The molecule has 0 atom stereocenters. The van der Waals surface area contributed by atoms with E-state index in [1.54, 1.807) is 18.4 Å². The van der Waals surface area contributed by atoms with Crippen molar-refractivity contribution in [1.29, 1.82) is 0 Å². The highest BCUT2D eigenvalue weighted by atomic mass is 32.1. The van der Waals surface area contributed by atoms with E-state index < -0.39 is 4.92 Å². The van der Waals surface area contributed by atoms with Crippen LogP contribution in [0.1, 0.15) is 5.56 Å². The number of nitro benzene ring substituents is 1. The maximum Gasteiger partial charge on any atom is 0.273 e. The Morgan fingerprint density at radius 1 is 1.35 bits per heavy atom. The second-order valence-corrected chi connectivity index (χ2v) is 5.54. The van der Waals surface area contributed by atoms with Gasteiger partial charge in [0.1, 0.15) is 0 Å². The fourth-order valence-corrected chi connectivity index (χ4v) is 2.55. The maximum atomic E-state index is 12.1. The number of nitrogens with zero attached hydrogens (tertiary/aromatic N) is 2. The molecule has 23 heavy (non-hydrogen) atoms. The molecule has 0 fully saturated rings. The van der Waals surface area contributed by atoms with E-state index in [1.807, 2.05) is 16.8 Å². The Morgan fingerprint density at radius 3 is 2.74 bits per heavy atom. The van der Waals surface area contributed by atoms with E-state index in [-0.39, 0.29) is 24.0 Å². The van der Waals surface area contributed by atoms with Gasteiger partial charge in [0.15, 0.2) is 18.1 Å². The number of rotatable bonds is 7. The molecule has 0 unspecified atom stereocenters. The lowest BCUT2D eigenvalue weighted by Crippen LogP contribution is -2.30. The molecule has 0 saturated carbocycles. The molecule has 2 rings (SSSR count). The number of amides is 1. The van der Waals surface area contributed by atoms with Gasteiger partial charge < -0.3 is 14.4 Å². The van der Waals surface area contributed by atoms with Crippen LogP contribution in [0.4, 0.5) is 5.69 Å². The number of non-ortho nitro benzene ring substituents is 1. The molecule has 122 valence electrons. The Bertz CT molecular complexity index is 687. The topological polar surface area (TPSA) is 81.9 Å². The van der Waals surface area contributed by atoms with Gasteiger partial charge >= 0.3 is 0 Å². The molecule has 1 aromatic heterocycles. The molecule has 0 bridgehead atoms. The number of methoxy groups -OCH3 is 1. The van der Waals surface area contributed by atoms with Gasteiger partial charge in [-0.15, -0.1) is 0 Å². The monoisotopic (exact) mass is 336 g/mol. The zero-order valence-corrected chi connectivity index (χ0v) is 13.5. The summed E-state index contributed by atoms with van der Waals surface area (Å²) in [5.74, 6) is 0.271. The zero-order valence-electron chi connectivity index (χ0n) is 12.7. The third-order valence-electron chi connectivity index (χ3n) is 3.13. The Kier molecular flexibility index (Phi) is 5.53. The van der Waals surface area contributed by atoms with Gasteiger partial charge in [0, 0.05) is 19.7 Å². The van der Waals surface area contributed by atoms with Crippen LogP contribution in [0.5, 0.6) is 11.5 Å². The molecule has 7 nitrogen and oxygen atoms in total. The van der Waals surface area contributed by atoms with Crippen LogP contribution >= 0.6 is 11.3 Å². The van der Waals surface area contributed by atoms with Crippen molar-refractivity contribution < 1.29 is 19.2 Å². The summed E-state index contributed by atoms with van der Waals surface area (Å²) in [6.45, 7) is 0.260. The van der Waals surface area contributed by atoms with Crippen LogP contribution in [0.3, 0.4) is 0 Å². The second kappa shape index (κ2) is 7.59. The van der Waals surface area contributed by atoms with Crippen LogP contribution in [-0.4, -0.2) is 36.5 Å². The molecule has 2 aromatic rings. The number of ether oxygens (including phenoxy) is 2. The van der Waals surface area contributed by atoms with E-state index in [0.717, 1.165) is 5.56 Å². The van der Waals surface area contributed by atoms with Gasteiger partial charge in [-0.05, 0) is 28.5 Å². The minimum absolute atomic E-state index is 0.125. The van der Waals surface area contributed by atoms with E-state index in [0.29, 0.717) is 12.3 Å². The van der Waals surface area contributed by atoms with Crippen molar-refractivity contribution in [1.82, 2.24) is 4.90 Å².